The maximum Gasteiger partial charge on any atom is 0.321 e. The molecule has 2 aromatic carbocycles. The summed E-state index contributed by atoms with van der Waals surface area (Å²) in [5.74, 6) is 0.739. The lowest BCUT2D eigenvalue weighted by Gasteiger charge is -2.35. The fraction of sp³-hybridized carbons (Fsp3) is 0.588. The van der Waals surface area contributed by atoms with Crippen LogP contribution in [0.15, 0.2) is 48.5 Å². The summed E-state index contributed by atoms with van der Waals surface area (Å²) in [4.78, 5) is 17.4. The van der Waals surface area contributed by atoms with E-state index in [-0.39, 0.29) is 17.5 Å². The summed E-state index contributed by atoms with van der Waals surface area (Å²) >= 11 is 0. The Kier molecular flexibility index (Phi) is 9.88. The highest BCUT2D eigenvalue weighted by Gasteiger charge is 2.43. The van der Waals surface area contributed by atoms with Crippen molar-refractivity contribution in [3.63, 3.8) is 0 Å². The van der Waals surface area contributed by atoms with Gasteiger partial charge in [-0.15, -0.1) is 0 Å². The van der Waals surface area contributed by atoms with Gasteiger partial charge in [-0.05, 0) is 92.6 Å². The number of halogens is 1. The summed E-state index contributed by atoms with van der Waals surface area (Å²) in [6.07, 6.45) is 11.1. The third-order valence-corrected chi connectivity index (χ3v) is 9.87. The van der Waals surface area contributed by atoms with Crippen molar-refractivity contribution in [2.24, 2.45) is 17.8 Å². The van der Waals surface area contributed by atoms with Crippen LogP contribution in [0.5, 0.6) is 0 Å². The highest BCUT2D eigenvalue weighted by molar-refractivity contribution is 5.74. The number of nitriles is 1. The Labute approximate surface area is 239 Å². The molecule has 0 amide bonds. The molecule has 2 saturated heterocycles. The molecular formula is C34H44FN3O2. The Morgan fingerprint density at radius 1 is 1.02 bits per heavy atom. The number of piperidine rings is 1. The Balaban J connectivity index is 1.15. The molecule has 0 spiro atoms. The summed E-state index contributed by atoms with van der Waals surface area (Å²) < 4.78 is 13.9. The highest BCUT2D eigenvalue weighted by Crippen LogP contribution is 2.39. The number of nitrogens with zero attached hydrogens (tertiary/aromatic N) is 3. The van der Waals surface area contributed by atoms with Gasteiger partial charge in [-0.2, -0.15) is 5.26 Å². The molecule has 3 atom stereocenters. The first-order valence-electron chi connectivity index (χ1n) is 15.4. The first kappa shape index (κ1) is 28.8. The van der Waals surface area contributed by atoms with Crippen LogP contribution in [-0.4, -0.2) is 59.6 Å². The van der Waals surface area contributed by atoms with E-state index in [9.17, 15) is 14.3 Å². The second kappa shape index (κ2) is 13.7. The monoisotopic (exact) mass is 545 g/mol. The molecule has 3 unspecified atom stereocenters. The molecule has 0 aromatic heterocycles. The molecule has 1 N–H and O–H groups in total. The van der Waals surface area contributed by atoms with E-state index in [0.717, 1.165) is 83.2 Å². The maximum absolute atomic E-state index is 13.9. The topological polar surface area (TPSA) is 67.6 Å². The van der Waals surface area contributed by atoms with Gasteiger partial charge in [0.05, 0.1) is 5.56 Å². The number of carboxylic acids is 1. The zero-order valence-electron chi connectivity index (χ0n) is 23.7. The van der Waals surface area contributed by atoms with E-state index in [1.165, 1.54) is 30.9 Å². The van der Waals surface area contributed by atoms with Gasteiger partial charge in [-0.1, -0.05) is 62.1 Å². The van der Waals surface area contributed by atoms with Gasteiger partial charge in [0.1, 0.15) is 17.9 Å². The molecular weight excluding hydrogens is 501 g/mol. The Morgan fingerprint density at radius 2 is 1.77 bits per heavy atom. The molecule has 5 rings (SSSR count). The van der Waals surface area contributed by atoms with Crippen LogP contribution in [0.4, 0.5) is 4.39 Å². The van der Waals surface area contributed by atoms with Gasteiger partial charge in [0, 0.05) is 25.6 Å². The van der Waals surface area contributed by atoms with E-state index in [4.69, 9.17) is 5.26 Å². The van der Waals surface area contributed by atoms with Gasteiger partial charge in [0.2, 0.25) is 0 Å². The van der Waals surface area contributed by atoms with Crippen LogP contribution in [0.2, 0.25) is 0 Å². The summed E-state index contributed by atoms with van der Waals surface area (Å²) in [7, 11) is 0. The van der Waals surface area contributed by atoms with Gasteiger partial charge >= 0.3 is 5.97 Å². The summed E-state index contributed by atoms with van der Waals surface area (Å²) in [5.41, 5.74) is 2.43. The van der Waals surface area contributed by atoms with E-state index in [1.54, 1.807) is 6.07 Å². The van der Waals surface area contributed by atoms with Crippen molar-refractivity contribution < 1.29 is 14.3 Å². The Bertz CT molecular complexity index is 1150. The molecule has 214 valence electrons. The predicted octanol–water partition coefficient (Wildman–Crippen LogP) is 6.48. The lowest BCUT2D eigenvalue weighted by molar-refractivity contribution is -0.145. The minimum absolute atomic E-state index is 0.114. The standard InChI is InChI=1S/C34H44FN3O2/c35-32-20-26(14-15-29(32)21-36)9-7-8-25-16-18-37(19-17-25)22-30-23-38(24-31(30)27-10-3-1-4-11-27)33(34(39)40)28-12-5-2-6-13-28/h1,3-4,10-11,14-15,20,25,28,30-31,33H,2,5-9,12-13,16-19,22-24H2,(H,39,40). The quantitative estimate of drug-likeness (QED) is 0.370. The highest BCUT2D eigenvalue weighted by atomic mass is 19.1. The van der Waals surface area contributed by atoms with Crippen molar-refractivity contribution >= 4 is 5.97 Å². The number of aryl methyl sites for hydroxylation is 1. The van der Waals surface area contributed by atoms with Crippen LogP contribution < -0.4 is 0 Å². The third kappa shape index (κ3) is 7.11. The number of carboxylic acid groups (broad SMARTS) is 1. The minimum Gasteiger partial charge on any atom is -0.480 e. The fourth-order valence-electron chi connectivity index (χ4n) is 7.69. The van der Waals surface area contributed by atoms with Crippen LogP contribution in [-0.2, 0) is 11.2 Å². The zero-order valence-corrected chi connectivity index (χ0v) is 23.7. The van der Waals surface area contributed by atoms with E-state index < -0.39 is 11.8 Å². The first-order chi connectivity index (χ1) is 19.5. The number of hydrogen-bond acceptors (Lipinski definition) is 4. The van der Waals surface area contributed by atoms with Gasteiger partial charge < -0.3 is 10.0 Å². The van der Waals surface area contributed by atoms with Crippen LogP contribution in [0.1, 0.15) is 80.4 Å². The van der Waals surface area contributed by atoms with Crippen molar-refractivity contribution in [2.75, 3.05) is 32.7 Å². The van der Waals surface area contributed by atoms with Gasteiger partial charge in [0.25, 0.3) is 0 Å². The third-order valence-electron chi connectivity index (χ3n) is 9.87. The molecule has 3 fully saturated rings. The van der Waals surface area contributed by atoms with Crippen LogP contribution >= 0.6 is 0 Å². The fourth-order valence-corrected chi connectivity index (χ4v) is 7.69. The number of benzene rings is 2. The normalized spacial score (nSPS) is 24.1. The van der Waals surface area contributed by atoms with Crippen LogP contribution in [0.25, 0.3) is 0 Å². The lowest BCUT2D eigenvalue weighted by Crippen LogP contribution is -2.46. The molecule has 6 heteroatoms. The Morgan fingerprint density at radius 3 is 2.45 bits per heavy atom. The maximum atomic E-state index is 13.9. The first-order valence-corrected chi connectivity index (χ1v) is 15.4. The number of aliphatic carboxylic acids is 1. The number of rotatable bonds is 10. The molecule has 40 heavy (non-hydrogen) atoms. The summed E-state index contributed by atoms with van der Waals surface area (Å²) in [6, 6.07) is 17.3. The second-order valence-corrected chi connectivity index (χ2v) is 12.5. The molecule has 1 saturated carbocycles. The average Bonchev–Trinajstić information content (AvgIpc) is 3.38. The van der Waals surface area contributed by atoms with Crippen molar-refractivity contribution in [3.8, 4) is 6.07 Å². The van der Waals surface area contributed by atoms with Gasteiger partial charge in [-0.3, -0.25) is 9.69 Å². The SMILES string of the molecule is N#Cc1ccc(CCCC2CCN(CC3CN(C(C(=O)O)C4CCCCC4)CC3c3ccccc3)CC2)cc1F. The van der Waals surface area contributed by atoms with Gasteiger partial charge in [-0.25, -0.2) is 4.39 Å². The van der Waals surface area contributed by atoms with Crippen LogP contribution in [0.3, 0.4) is 0 Å². The van der Waals surface area contributed by atoms with E-state index in [1.807, 2.05) is 12.1 Å². The van der Waals surface area contributed by atoms with Crippen molar-refractivity contribution in [1.29, 1.82) is 5.26 Å². The molecule has 2 aromatic rings. The smallest absolute Gasteiger partial charge is 0.321 e. The summed E-state index contributed by atoms with van der Waals surface area (Å²) in [6.45, 7) is 4.94. The average molecular weight is 546 g/mol. The zero-order chi connectivity index (χ0) is 27.9. The van der Waals surface area contributed by atoms with Crippen molar-refractivity contribution in [1.82, 2.24) is 9.80 Å². The van der Waals surface area contributed by atoms with E-state index >= 15 is 0 Å². The number of hydrogen-bond donors (Lipinski definition) is 1. The largest absolute Gasteiger partial charge is 0.480 e. The molecule has 0 radical (unpaired) electrons. The number of likely N-dealkylation sites (tertiary alicyclic amines) is 2. The Hall–Kier alpha value is -2.75. The van der Waals surface area contributed by atoms with E-state index in [0.29, 0.717) is 17.8 Å². The molecule has 2 heterocycles. The molecule has 2 aliphatic heterocycles. The molecule has 5 nitrogen and oxygen atoms in total. The van der Waals surface area contributed by atoms with Crippen molar-refractivity contribution in [3.05, 3.63) is 71.0 Å². The van der Waals surface area contributed by atoms with Crippen LogP contribution in [0, 0.1) is 34.9 Å². The predicted molar refractivity (Wildman–Crippen MR) is 155 cm³/mol. The van der Waals surface area contributed by atoms with Crippen molar-refractivity contribution in [2.45, 2.75) is 76.2 Å². The molecule has 3 aliphatic rings. The summed E-state index contributed by atoms with van der Waals surface area (Å²) in [5, 5.41) is 19.2. The minimum atomic E-state index is -0.635. The lowest BCUT2D eigenvalue weighted by atomic mass is 9.83. The van der Waals surface area contributed by atoms with Gasteiger partial charge in [0.15, 0.2) is 0 Å². The van der Waals surface area contributed by atoms with E-state index in [2.05, 4.69) is 40.1 Å². The second-order valence-electron chi connectivity index (χ2n) is 12.5. The molecule has 0 bridgehead atoms. The number of carbonyl (C=O) groups is 1. The molecule has 1 aliphatic carbocycles.